The predicted molar refractivity (Wildman–Crippen MR) is 105 cm³/mol. The summed E-state index contributed by atoms with van der Waals surface area (Å²) in [7, 11) is 0. The van der Waals surface area contributed by atoms with Crippen molar-refractivity contribution in [3.63, 3.8) is 0 Å². The van der Waals surface area contributed by atoms with Gasteiger partial charge in [-0.15, -0.1) is 0 Å². The van der Waals surface area contributed by atoms with Crippen LogP contribution in [0.1, 0.15) is 83.1 Å². The Hall–Kier alpha value is -1.18. The number of hydrogen-bond acceptors (Lipinski definition) is 0. The summed E-state index contributed by atoms with van der Waals surface area (Å²) in [5.74, 6) is 1.34. The lowest BCUT2D eigenvalue weighted by Gasteiger charge is -2.35. The Morgan fingerprint density at radius 1 is 0.923 bits per heavy atom. The zero-order valence-electron chi connectivity index (χ0n) is 16.3. The first-order valence-corrected chi connectivity index (χ1v) is 10.8. The van der Waals surface area contributed by atoms with Gasteiger partial charge in [-0.25, -0.2) is 8.78 Å². The monoisotopic (exact) mass is 360 g/mol. The summed E-state index contributed by atoms with van der Waals surface area (Å²) in [4.78, 5) is 0. The molecule has 0 radical (unpaired) electrons. The minimum absolute atomic E-state index is 0.727. The quantitative estimate of drug-likeness (QED) is 0.439. The second-order valence-corrected chi connectivity index (χ2v) is 8.57. The first kappa shape index (κ1) is 19.6. The van der Waals surface area contributed by atoms with E-state index in [1.807, 2.05) is 0 Å². The normalized spacial score (nSPS) is 26.6. The third-order valence-corrected chi connectivity index (χ3v) is 6.79. The highest BCUT2D eigenvalue weighted by atomic mass is 19.2. The van der Waals surface area contributed by atoms with E-state index in [9.17, 15) is 8.78 Å². The van der Waals surface area contributed by atoms with Gasteiger partial charge in [0.05, 0.1) is 0 Å². The molecule has 0 amide bonds. The number of aryl methyl sites for hydroxylation is 1. The van der Waals surface area contributed by atoms with Crippen molar-refractivity contribution in [2.75, 3.05) is 0 Å². The maximum atomic E-state index is 13.3. The second-order valence-electron chi connectivity index (χ2n) is 8.57. The van der Waals surface area contributed by atoms with Gasteiger partial charge in [0.1, 0.15) is 0 Å². The van der Waals surface area contributed by atoms with Gasteiger partial charge in [0.15, 0.2) is 11.6 Å². The second kappa shape index (κ2) is 9.67. The van der Waals surface area contributed by atoms with Gasteiger partial charge in [0.2, 0.25) is 0 Å². The number of benzene rings is 1. The minimum atomic E-state index is -0.752. The van der Waals surface area contributed by atoms with Crippen molar-refractivity contribution >= 4 is 0 Å². The van der Waals surface area contributed by atoms with E-state index in [-0.39, 0.29) is 0 Å². The molecule has 1 aromatic carbocycles. The van der Waals surface area contributed by atoms with Gasteiger partial charge < -0.3 is 0 Å². The molecular weight excluding hydrogens is 326 g/mol. The van der Waals surface area contributed by atoms with Crippen molar-refractivity contribution in [2.45, 2.75) is 84.0 Å². The molecule has 1 aromatic rings. The maximum Gasteiger partial charge on any atom is 0.159 e. The van der Waals surface area contributed by atoms with Gasteiger partial charge in [-0.2, -0.15) is 0 Å². The van der Waals surface area contributed by atoms with E-state index >= 15 is 0 Å². The van der Waals surface area contributed by atoms with Gasteiger partial charge >= 0.3 is 0 Å². The number of hydrogen-bond donors (Lipinski definition) is 0. The van der Waals surface area contributed by atoms with Crippen molar-refractivity contribution in [1.82, 2.24) is 0 Å². The lowest BCUT2D eigenvalue weighted by molar-refractivity contribution is 0.185. The van der Waals surface area contributed by atoms with Crippen molar-refractivity contribution in [3.8, 4) is 0 Å². The average Bonchev–Trinajstić information content (AvgIpc) is 2.68. The molecule has 0 aliphatic heterocycles. The molecule has 2 heteroatoms. The Morgan fingerprint density at radius 3 is 2.38 bits per heavy atom. The van der Waals surface area contributed by atoms with Crippen molar-refractivity contribution in [1.29, 1.82) is 0 Å². The molecule has 2 aliphatic carbocycles. The predicted octanol–water partition coefficient (Wildman–Crippen LogP) is 7.62. The Bertz CT molecular complexity index is 596. The molecule has 0 nitrogen and oxygen atoms in total. The Labute approximate surface area is 158 Å². The van der Waals surface area contributed by atoms with Crippen LogP contribution in [0.5, 0.6) is 0 Å². The summed E-state index contributed by atoms with van der Waals surface area (Å²) < 4.78 is 26.3. The molecule has 2 aliphatic rings. The molecule has 0 N–H and O–H groups in total. The molecule has 0 saturated heterocycles. The largest absolute Gasteiger partial charge is 0.204 e. The summed E-state index contributed by atoms with van der Waals surface area (Å²) in [5, 5.41) is 0. The van der Waals surface area contributed by atoms with Crippen LogP contribution in [0.2, 0.25) is 0 Å². The minimum Gasteiger partial charge on any atom is -0.204 e. The number of unbranched alkanes of at least 4 members (excludes halogenated alkanes) is 1. The topological polar surface area (TPSA) is 0 Å². The lowest BCUT2D eigenvalue weighted by atomic mass is 9.70. The van der Waals surface area contributed by atoms with Crippen molar-refractivity contribution < 1.29 is 8.78 Å². The van der Waals surface area contributed by atoms with E-state index in [0.717, 1.165) is 36.2 Å². The summed E-state index contributed by atoms with van der Waals surface area (Å²) in [6.07, 6.45) is 18.0. The molecule has 0 spiro atoms. The van der Waals surface area contributed by atoms with E-state index in [1.165, 1.54) is 81.9 Å². The summed E-state index contributed by atoms with van der Waals surface area (Å²) in [6, 6.07) is 4.30. The fourth-order valence-electron chi connectivity index (χ4n) is 5.01. The molecular formula is C24H34F2. The SMILES string of the molecule is CCCC[C@H]1CC[C@H](C2CC=C(CCc3ccc(F)c(F)c3)CC2)CC1. The summed E-state index contributed by atoms with van der Waals surface area (Å²) >= 11 is 0. The molecule has 1 unspecified atom stereocenters. The summed E-state index contributed by atoms with van der Waals surface area (Å²) in [5.41, 5.74) is 2.42. The number of halogens is 2. The van der Waals surface area contributed by atoms with Gasteiger partial charge in [0, 0.05) is 0 Å². The van der Waals surface area contributed by atoms with E-state index in [4.69, 9.17) is 0 Å². The van der Waals surface area contributed by atoms with Gasteiger partial charge in [-0.05, 0) is 80.4 Å². The molecule has 1 saturated carbocycles. The van der Waals surface area contributed by atoms with Crippen LogP contribution in [-0.4, -0.2) is 0 Å². The highest BCUT2D eigenvalue weighted by Crippen LogP contribution is 2.41. The lowest BCUT2D eigenvalue weighted by Crippen LogP contribution is -2.23. The van der Waals surface area contributed by atoms with Crippen molar-refractivity contribution in [2.24, 2.45) is 17.8 Å². The number of allylic oxidation sites excluding steroid dienone is 2. The van der Waals surface area contributed by atoms with Gasteiger partial charge in [-0.3, -0.25) is 0 Å². The van der Waals surface area contributed by atoms with Crippen LogP contribution >= 0.6 is 0 Å². The standard InChI is InChI=1S/C24H34F2/c1-2-3-4-18-7-12-21(13-8-18)22-14-9-19(10-15-22)5-6-20-11-16-23(25)24(26)17-20/h9,11,16-18,21-22H,2-8,10,12-15H2,1H3/t18-,21-,22?. The van der Waals surface area contributed by atoms with Crippen LogP contribution in [0.4, 0.5) is 8.78 Å². The van der Waals surface area contributed by atoms with Crippen LogP contribution in [0, 0.1) is 29.4 Å². The van der Waals surface area contributed by atoms with Crippen LogP contribution < -0.4 is 0 Å². The molecule has 0 aromatic heterocycles. The zero-order valence-corrected chi connectivity index (χ0v) is 16.3. The molecule has 26 heavy (non-hydrogen) atoms. The van der Waals surface area contributed by atoms with E-state index < -0.39 is 11.6 Å². The molecule has 144 valence electrons. The maximum absolute atomic E-state index is 13.3. The number of rotatable bonds is 7. The fourth-order valence-corrected chi connectivity index (χ4v) is 5.01. The summed E-state index contributed by atoms with van der Waals surface area (Å²) in [6.45, 7) is 2.30. The third-order valence-electron chi connectivity index (χ3n) is 6.79. The van der Waals surface area contributed by atoms with Crippen LogP contribution in [-0.2, 0) is 6.42 Å². The van der Waals surface area contributed by atoms with Crippen LogP contribution in [0.25, 0.3) is 0 Å². The molecule has 0 heterocycles. The van der Waals surface area contributed by atoms with Crippen LogP contribution in [0.15, 0.2) is 29.8 Å². The van der Waals surface area contributed by atoms with Gasteiger partial charge in [-0.1, -0.05) is 56.7 Å². The molecule has 3 rings (SSSR count). The Kier molecular flexibility index (Phi) is 7.28. The molecule has 1 atom stereocenters. The van der Waals surface area contributed by atoms with Crippen molar-refractivity contribution in [3.05, 3.63) is 47.0 Å². The van der Waals surface area contributed by atoms with E-state index in [0.29, 0.717) is 0 Å². The van der Waals surface area contributed by atoms with Gasteiger partial charge in [0.25, 0.3) is 0 Å². The van der Waals surface area contributed by atoms with E-state index in [2.05, 4.69) is 13.0 Å². The first-order chi connectivity index (χ1) is 12.7. The first-order valence-electron chi connectivity index (χ1n) is 10.8. The highest BCUT2D eigenvalue weighted by Gasteiger charge is 2.28. The highest BCUT2D eigenvalue weighted by molar-refractivity contribution is 5.20. The molecule has 1 fully saturated rings. The van der Waals surface area contributed by atoms with Crippen LogP contribution in [0.3, 0.4) is 0 Å². The zero-order chi connectivity index (χ0) is 18.4. The Morgan fingerprint density at radius 2 is 1.73 bits per heavy atom. The smallest absolute Gasteiger partial charge is 0.159 e. The average molecular weight is 361 g/mol. The fraction of sp³-hybridized carbons (Fsp3) is 0.667. The van der Waals surface area contributed by atoms with E-state index in [1.54, 1.807) is 6.07 Å². The Balaban J connectivity index is 1.41. The third kappa shape index (κ3) is 5.41. The molecule has 0 bridgehead atoms.